The van der Waals surface area contributed by atoms with Crippen LogP contribution in [0.25, 0.3) is 6.08 Å². The highest BCUT2D eigenvalue weighted by atomic mass is 35.5. The third-order valence-electron chi connectivity index (χ3n) is 4.88. The molecule has 0 aromatic heterocycles. The SMILES string of the molecule is COc1cc(/C=C2\SC(=NCc3ccccc3)N(Cc3ccccc3)C2=O)cc(Cl)c1O. The molecule has 1 heterocycles. The summed E-state index contributed by atoms with van der Waals surface area (Å²) in [6.07, 6.45) is 1.74. The lowest BCUT2D eigenvalue weighted by Gasteiger charge is -2.15. The minimum absolute atomic E-state index is 0.127. The van der Waals surface area contributed by atoms with Crippen molar-refractivity contribution >= 4 is 40.5 Å². The zero-order valence-corrected chi connectivity index (χ0v) is 18.9. The molecule has 0 radical (unpaired) electrons. The molecule has 32 heavy (non-hydrogen) atoms. The third kappa shape index (κ3) is 4.98. The summed E-state index contributed by atoms with van der Waals surface area (Å²) in [4.78, 5) is 20.2. The Morgan fingerprint density at radius 3 is 2.38 bits per heavy atom. The fourth-order valence-electron chi connectivity index (χ4n) is 3.26. The zero-order chi connectivity index (χ0) is 22.5. The summed E-state index contributed by atoms with van der Waals surface area (Å²) in [5.74, 6) is -0.00901. The molecular formula is C25H21ClN2O3S. The van der Waals surface area contributed by atoms with E-state index in [4.69, 9.17) is 21.3 Å². The number of methoxy groups -OCH3 is 1. The van der Waals surface area contributed by atoms with Crippen LogP contribution in [0.2, 0.25) is 5.02 Å². The standard InChI is InChI=1S/C25H21ClN2O3S/c1-31-21-13-19(12-20(26)23(21)29)14-22-24(30)28(16-18-10-6-3-7-11-18)25(32-22)27-15-17-8-4-2-5-9-17/h2-14,29H,15-16H2,1H3/b22-14-,27-25?. The van der Waals surface area contributed by atoms with E-state index in [2.05, 4.69) is 0 Å². The van der Waals surface area contributed by atoms with Gasteiger partial charge in [0.1, 0.15) is 0 Å². The Kier molecular flexibility index (Phi) is 6.83. The maximum Gasteiger partial charge on any atom is 0.267 e. The van der Waals surface area contributed by atoms with Crippen LogP contribution in [-0.2, 0) is 17.9 Å². The third-order valence-corrected chi connectivity index (χ3v) is 6.21. The number of amides is 1. The van der Waals surface area contributed by atoms with Gasteiger partial charge in [-0.25, -0.2) is 0 Å². The second-order valence-corrected chi connectivity index (χ2v) is 8.54. The highest BCUT2D eigenvalue weighted by molar-refractivity contribution is 8.18. The van der Waals surface area contributed by atoms with Crippen molar-refractivity contribution in [2.75, 3.05) is 7.11 Å². The van der Waals surface area contributed by atoms with Crippen molar-refractivity contribution in [2.45, 2.75) is 13.1 Å². The Hall–Kier alpha value is -3.22. The van der Waals surface area contributed by atoms with Gasteiger partial charge in [0.05, 0.1) is 30.1 Å². The van der Waals surface area contributed by atoms with E-state index in [1.807, 2.05) is 60.7 Å². The van der Waals surface area contributed by atoms with Crippen LogP contribution in [0.4, 0.5) is 0 Å². The number of rotatable bonds is 6. The highest BCUT2D eigenvalue weighted by Gasteiger charge is 2.33. The van der Waals surface area contributed by atoms with Crippen molar-refractivity contribution in [1.82, 2.24) is 4.90 Å². The maximum atomic E-state index is 13.3. The number of aromatic hydroxyl groups is 1. The first kappa shape index (κ1) is 22.0. The molecule has 1 fully saturated rings. The van der Waals surface area contributed by atoms with Gasteiger partial charge in [-0.05, 0) is 46.7 Å². The molecule has 3 aromatic carbocycles. The largest absolute Gasteiger partial charge is 0.503 e. The number of phenolic OH excluding ortho intramolecular Hbond substituents is 1. The van der Waals surface area contributed by atoms with Crippen LogP contribution in [0.3, 0.4) is 0 Å². The van der Waals surface area contributed by atoms with E-state index >= 15 is 0 Å². The molecule has 0 unspecified atom stereocenters. The van der Waals surface area contributed by atoms with Gasteiger partial charge in [0.2, 0.25) is 0 Å². The number of hydrogen-bond donors (Lipinski definition) is 1. The molecule has 3 aromatic rings. The van der Waals surface area contributed by atoms with Crippen LogP contribution < -0.4 is 4.74 Å². The molecule has 162 valence electrons. The van der Waals surface area contributed by atoms with Crippen LogP contribution in [0.5, 0.6) is 11.5 Å². The maximum absolute atomic E-state index is 13.3. The summed E-state index contributed by atoms with van der Waals surface area (Å²) in [6.45, 7) is 0.908. The number of hydrogen-bond acceptors (Lipinski definition) is 5. The quantitative estimate of drug-likeness (QED) is 0.473. The minimum Gasteiger partial charge on any atom is -0.503 e. The Morgan fingerprint density at radius 1 is 1.06 bits per heavy atom. The van der Waals surface area contributed by atoms with Crippen molar-refractivity contribution in [3.63, 3.8) is 0 Å². The van der Waals surface area contributed by atoms with Gasteiger partial charge in [-0.2, -0.15) is 0 Å². The number of thioether (sulfide) groups is 1. The van der Waals surface area contributed by atoms with Gasteiger partial charge in [-0.3, -0.25) is 14.7 Å². The van der Waals surface area contributed by atoms with Gasteiger partial charge >= 0.3 is 0 Å². The van der Waals surface area contributed by atoms with E-state index in [1.54, 1.807) is 23.1 Å². The topological polar surface area (TPSA) is 62.1 Å². The Labute approximate surface area is 196 Å². The first-order valence-corrected chi connectivity index (χ1v) is 11.1. The van der Waals surface area contributed by atoms with E-state index in [1.165, 1.54) is 18.9 Å². The van der Waals surface area contributed by atoms with Crippen LogP contribution in [0.15, 0.2) is 82.7 Å². The number of carbonyl (C=O) groups excluding carboxylic acids is 1. The number of phenols is 1. The monoisotopic (exact) mass is 464 g/mol. The zero-order valence-electron chi connectivity index (χ0n) is 17.4. The smallest absolute Gasteiger partial charge is 0.267 e. The fourth-order valence-corrected chi connectivity index (χ4v) is 4.45. The van der Waals surface area contributed by atoms with Crippen molar-refractivity contribution in [1.29, 1.82) is 0 Å². The lowest BCUT2D eigenvalue weighted by atomic mass is 10.1. The molecule has 0 aliphatic carbocycles. The Bertz CT molecular complexity index is 1180. The molecular weight excluding hydrogens is 444 g/mol. The molecule has 5 nitrogen and oxygen atoms in total. The molecule has 1 N–H and O–H groups in total. The van der Waals surface area contributed by atoms with Gasteiger partial charge in [0.15, 0.2) is 16.7 Å². The predicted molar refractivity (Wildman–Crippen MR) is 130 cm³/mol. The van der Waals surface area contributed by atoms with Crippen molar-refractivity contribution in [3.8, 4) is 11.5 Å². The van der Waals surface area contributed by atoms with Gasteiger partial charge in [-0.15, -0.1) is 0 Å². The molecule has 0 saturated carbocycles. The minimum atomic E-state index is -0.131. The van der Waals surface area contributed by atoms with Crippen LogP contribution >= 0.6 is 23.4 Å². The molecule has 7 heteroatoms. The molecule has 0 atom stereocenters. The van der Waals surface area contributed by atoms with Crippen molar-refractivity contribution in [2.24, 2.45) is 4.99 Å². The predicted octanol–water partition coefficient (Wildman–Crippen LogP) is 5.73. The average molecular weight is 465 g/mol. The summed E-state index contributed by atoms with van der Waals surface area (Å²) in [5, 5.41) is 10.8. The van der Waals surface area contributed by atoms with Gasteiger partial charge in [-0.1, -0.05) is 72.3 Å². The molecule has 1 aliphatic heterocycles. The number of nitrogens with zero attached hydrogens (tertiary/aromatic N) is 2. The number of halogens is 1. The van der Waals surface area contributed by atoms with Crippen molar-refractivity contribution in [3.05, 3.63) is 99.4 Å². The Morgan fingerprint density at radius 2 is 1.72 bits per heavy atom. The lowest BCUT2D eigenvalue weighted by molar-refractivity contribution is -0.122. The molecule has 0 bridgehead atoms. The van der Waals surface area contributed by atoms with Gasteiger partial charge < -0.3 is 9.84 Å². The van der Waals surface area contributed by atoms with Crippen molar-refractivity contribution < 1.29 is 14.6 Å². The second kappa shape index (κ2) is 9.94. The van der Waals surface area contributed by atoms with E-state index in [-0.39, 0.29) is 22.4 Å². The summed E-state index contributed by atoms with van der Waals surface area (Å²) in [7, 11) is 1.45. The van der Waals surface area contributed by atoms with E-state index < -0.39 is 0 Å². The molecule has 1 saturated heterocycles. The summed E-state index contributed by atoms with van der Waals surface area (Å²) in [5.41, 5.74) is 2.74. The second-order valence-electron chi connectivity index (χ2n) is 7.13. The molecule has 0 spiro atoms. The summed E-state index contributed by atoms with van der Waals surface area (Å²) in [6, 6.07) is 23.0. The van der Waals surface area contributed by atoms with Gasteiger partial charge in [0, 0.05) is 0 Å². The average Bonchev–Trinajstić information content (AvgIpc) is 3.10. The summed E-state index contributed by atoms with van der Waals surface area (Å²) >= 11 is 7.44. The van der Waals surface area contributed by atoms with Crippen LogP contribution in [0, 0.1) is 0 Å². The molecule has 4 rings (SSSR count). The Balaban J connectivity index is 1.67. The van der Waals surface area contributed by atoms with Crippen LogP contribution in [-0.4, -0.2) is 28.2 Å². The highest BCUT2D eigenvalue weighted by Crippen LogP contribution is 2.38. The first-order chi connectivity index (χ1) is 15.5. The number of benzene rings is 3. The molecule has 1 amide bonds. The number of carbonyl (C=O) groups is 1. The van der Waals surface area contributed by atoms with Crippen LogP contribution in [0.1, 0.15) is 16.7 Å². The fraction of sp³-hybridized carbons (Fsp3) is 0.120. The normalized spacial score (nSPS) is 16.2. The number of aliphatic imine (C=N–C) groups is 1. The van der Waals surface area contributed by atoms with E-state index in [9.17, 15) is 9.90 Å². The number of amidine groups is 1. The lowest BCUT2D eigenvalue weighted by Crippen LogP contribution is -2.28. The van der Waals surface area contributed by atoms with E-state index in [0.717, 1.165) is 11.1 Å². The summed E-state index contributed by atoms with van der Waals surface area (Å²) < 4.78 is 5.18. The van der Waals surface area contributed by atoms with Gasteiger partial charge in [0.25, 0.3) is 5.91 Å². The number of ether oxygens (including phenoxy) is 1. The molecule has 1 aliphatic rings. The first-order valence-electron chi connectivity index (χ1n) is 9.95. The van der Waals surface area contributed by atoms with E-state index in [0.29, 0.717) is 28.7 Å².